The Balaban J connectivity index is 1.74. The molecule has 0 radical (unpaired) electrons. The van der Waals surface area contributed by atoms with E-state index in [0.717, 1.165) is 11.1 Å². The Morgan fingerprint density at radius 2 is 2.00 bits per heavy atom. The number of fused-ring (bicyclic) bond motifs is 2. The molecule has 6 nitrogen and oxygen atoms in total. The highest BCUT2D eigenvalue weighted by atomic mass is 16.6. The van der Waals surface area contributed by atoms with Crippen LogP contribution in [0.4, 0.5) is 0 Å². The van der Waals surface area contributed by atoms with Gasteiger partial charge < -0.3 is 24.1 Å². The van der Waals surface area contributed by atoms with Crippen molar-refractivity contribution in [3.8, 4) is 23.0 Å². The maximum Gasteiger partial charge on any atom is 0.346 e. The number of ether oxygens (including phenoxy) is 4. The monoisotopic (exact) mass is 440 g/mol. The highest BCUT2D eigenvalue weighted by Crippen LogP contribution is 2.45. The molecule has 0 unspecified atom stereocenters. The van der Waals surface area contributed by atoms with Gasteiger partial charge in [0.05, 0.1) is 19.8 Å². The summed E-state index contributed by atoms with van der Waals surface area (Å²) in [5.74, 6) is 2.14. The summed E-state index contributed by atoms with van der Waals surface area (Å²) in [4.78, 5) is 13.0. The lowest BCUT2D eigenvalue weighted by atomic mass is 9.86. The largest absolute Gasteiger partial charge is 0.495 e. The zero-order valence-electron chi connectivity index (χ0n) is 19.3. The number of benzene rings is 2. The molecule has 2 aromatic carbocycles. The van der Waals surface area contributed by atoms with Crippen LogP contribution < -0.4 is 14.2 Å². The van der Waals surface area contributed by atoms with E-state index >= 15 is 0 Å². The van der Waals surface area contributed by atoms with Gasteiger partial charge in [-0.3, -0.25) is 0 Å². The molecule has 1 aliphatic heterocycles. The van der Waals surface area contributed by atoms with Gasteiger partial charge in [0.2, 0.25) is 0 Å². The van der Waals surface area contributed by atoms with Gasteiger partial charge in [-0.05, 0) is 67.9 Å². The van der Waals surface area contributed by atoms with Crippen LogP contribution in [-0.2, 0) is 11.3 Å². The van der Waals surface area contributed by atoms with Crippen LogP contribution in [0.25, 0.3) is 0 Å². The highest BCUT2D eigenvalue weighted by Gasteiger charge is 2.30. The SMILES string of the molecule is COc1c([C@@H](O)CC(C)C)ccc2c1C(=O)OCc1cc(C)cc(OCC3CCC3)c1O2. The summed E-state index contributed by atoms with van der Waals surface area (Å²) >= 11 is 0. The molecule has 0 spiro atoms. The molecule has 1 aliphatic carbocycles. The van der Waals surface area contributed by atoms with E-state index in [0.29, 0.717) is 41.8 Å². The fraction of sp³-hybridized carbons (Fsp3) is 0.500. The first-order chi connectivity index (χ1) is 15.4. The summed E-state index contributed by atoms with van der Waals surface area (Å²) in [5.41, 5.74) is 2.50. The summed E-state index contributed by atoms with van der Waals surface area (Å²) in [6.45, 7) is 6.76. The molecule has 0 saturated heterocycles. The number of hydrogen-bond acceptors (Lipinski definition) is 6. The standard InChI is InChI=1S/C26H32O6/c1-15(2)10-20(27)19-8-9-21-23(25(19)29-4)26(28)31-14-18-11-16(3)12-22(24(18)32-21)30-13-17-6-5-7-17/h8-9,11-12,15,17,20,27H,5-7,10,13-14H2,1-4H3/t20-/m0/s1. The van der Waals surface area contributed by atoms with E-state index < -0.39 is 12.1 Å². The number of cyclic esters (lactones) is 1. The first-order valence-electron chi connectivity index (χ1n) is 11.4. The maximum atomic E-state index is 13.0. The average Bonchev–Trinajstić information content (AvgIpc) is 2.70. The van der Waals surface area contributed by atoms with E-state index in [1.165, 1.54) is 26.4 Å². The lowest BCUT2D eigenvalue weighted by molar-refractivity contribution is 0.0453. The van der Waals surface area contributed by atoms with Crippen molar-refractivity contribution in [1.29, 1.82) is 0 Å². The van der Waals surface area contributed by atoms with Crippen molar-refractivity contribution in [2.24, 2.45) is 11.8 Å². The van der Waals surface area contributed by atoms with Crippen LogP contribution in [-0.4, -0.2) is 24.8 Å². The molecular formula is C26H32O6. The lowest BCUT2D eigenvalue weighted by Gasteiger charge is -2.27. The van der Waals surface area contributed by atoms with Crippen molar-refractivity contribution in [2.75, 3.05) is 13.7 Å². The number of esters is 1. The summed E-state index contributed by atoms with van der Waals surface area (Å²) in [5, 5.41) is 10.7. The fourth-order valence-corrected chi connectivity index (χ4v) is 4.25. The second-order valence-electron chi connectivity index (χ2n) is 9.24. The number of methoxy groups -OCH3 is 1. The second-order valence-corrected chi connectivity index (χ2v) is 9.24. The molecule has 1 heterocycles. The third-order valence-corrected chi connectivity index (χ3v) is 6.16. The van der Waals surface area contributed by atoms with E-state index in [-0.39, 0.29) is 23.8 Å². The zero-order chi connectivity index (χ0) is 22.8. The summed E-state index contributed by atoms with van der Waals surface area (Å²) < 4.78 is 23.7. The van der Waals surface area contributed by atoms with Gasteiger partial charge in [-0.2, -0.15) is 0 Å². The van der Waals surface area contributed by atoms with Crippen LogP contribution >= 0.6 is 0 Å². The molecule has 1 fully saturated rings. The molecule has 6 heteroatoms. The molecule has 2 aromatic rings. The van der Waals surface area contributed by atoms with Crippen molar-refractivity contribution in [1.82, 2.24) is 0 Å². The van der Waals surface area contributed by atoms with E-state index in [9.17, 15) is 9.90 Å². The van der Waals surface area contributed by atoms with Crippen molar-refractivity contribution in [3.05, 3.63) is 46.5 Å². The number of aliphatic hydroxyl groups excluding tert-OH is 1. The normalized spacial score (nSPS) is 16.6. The molecule has 172 valence electrons. The van der Waals surface area contributed by atoms with Crippen LogP contribution in [0.15, 0.2) is 24.3 Å². The predicted octanol–water partition coefficient (Wildman–Crippen LogP) is 5.72. The van der Waals surface area contributed by atoms with Gasteiger partial charge in [-0.25, -0.2) is 4.79 Å². The minimum atomic E-state index is -0.759. The first-order valence-corrected chi connectivity index (χ1v) is 11.4. The van der Waals surface area contributed by atoms with E-state index in [2.05, 4.69) is 0 Å². The Labute approximate surface area is 189 Å². The van der Waals surface area contributed by atoms with Gasteiger partial charge in [-0.15, -0.1) is 0 Å². The van der Waals surface area contributed by atoms with Gasteiger partial charge in [0.1, 0.15) is 23.7 Å². The Kier molecular flexibility index (Phi) is 6.60. The Morgan fingerprint density at radius 3 is 2.66 bits per heavy atom. The third kappa shape index (κ3) is 4.56. The molecule has 1 atom stereocenters. The molecule has 1 N–H and O–H groups in total. The minimum Gasteiger partial charge on any atom is -0.495 e. The Bertz CT molecular complexity index is 992. The first kappa shape index (κ1) is 22.5. The van der Waals surface area contributed by atoms with E-state index in [1.54, 1.807) is 12.1 Å². The number of rotatable bonds is 7. The van der Waals surface area contributed by atoms with Crippen LogP contribution in [0.1, 0.15) is 72.7 Å². The molecule has 0 aromatic heterocycles. The van der Waals surface area contributed by atoms with Crippen LogP contribution in [0, 0.1) is 18.8 Å². The molecule has 4 rings (SSSR count). The number of carbonyl (C=O) groups is 1. The van der Waals surface area contributed by atoms with Gasteiger partial charge in [0.15, 0.2) is 11.5 Å². The number of hydrogen-bond donors (Lipinski definition) is 1. The topological polar surface area (TPSA) is 74.2 Å². The Hall–Kier alpha value is -2.73. The lowest BCUT2D eigenvalue weighted by Crippen LogP contribution is -2.20. The van der Waals surface area contributed by atoms with Crippen molar-refractivity contribution >= 4 is 5.97 Å². The van der Waals surface area contributed by atoms with Crippen LogP contribution in [0.5, 0.6) is 23.0 Å². The van der Waals surface area contributed by atoms with Gasteiger partial charge in [0.25, 0.3) is 0 Å². The summed E-state index contributed by atoms with van der Waals surface area (Å²) in [7, 11) is 1.48. The second kappa shape index (κ2) is 9.41. The van der Waals surface area contributed by atoms with Crippen LogP contribution in [0.3, 0.4) is 0 Å². The Morgan fingerprint density at radius 1 is 1.22 bits per heavy atom. The quantitative estimate of drug-likeness (QED) is 0.555. The molecule has 0 bridgehead atoms. The van der Waals surface area contributed by atoms with Crippen LogP contribution in [0.2, 0.25) is 0 Å². The molecule has 2 aliphatic rings. The van der Waals surface area contributed by atoms with Gasteiger partial charge in [-0.1, -0.05) is 20.3 Å². The molecule has 32 heavy (non-hydrogen) atoms. The zero-order valence-corrected chi connectivity index (χ0v) is 19.3. The summed E-state index contributed by atoms with van der Waals surface area (Å²) in [6, 6.07) is 7.35. The van der Waals surface area contributed by atoms with Crippen molar-refractivity contribution in [3.63, 3.8) is 0 Å². The number of aryl methyl sites for hydroxylation is 1. The number of aliphatic hydroxyl groups is 1. The molecule has 1 saturated carbocycles. The van der Waals surface area contributed by atoms with Gasteiger partial charge in [0, 0.05) is 11.1 Å². The van der Waals surface area contributed by atoms with Crippen molar-refractivity contribution in [2.45, 2.75) is 59.2 Å². The summed E-state index contributed by atoms with van der Waals surface area (Å²) in [6.07, 6.45) is 3.42. The smallest absolute Gasteiger partial charge is 0.346 e. The van der Waals surface area contributed by atoms with E-state index in [1.807, 2.05) is 32.9 Å². The van der Waals surface area contributed by atoms with Gasteiger partial charge >= 0.3 is 5.97 Å². The fourth-order valence-electron chi connectivity index (χ4n) is 4.25. The number of carbonyl (C=O) groups excluding carboxylic acids is 1. The predicted molar refractivity (Wildman–Crippen MR) is 121 cm³/mol. The minimum absolute atomic E-state index is 0.0665. The average molecular weight is 441 g/mol. The van der Waals surface area contributed by atoms with E-state index in [4.69, 9.17) is 18.9 Å². The molecule has 0 amide bonds. The highest BCUT2D eigenvalue weighted by molar-refractivity contribution is 5.96. The third-order valence-electron chi connectivity index (χ3n) is 6.16. The van der Waals surface area contributed by atoms with Crippen molar-refractivity contribution < 1.29 is 28.8 Å². The maximum absolute atomic E-state index is 13.0. The molecular weight excluding hydrogens is 408 g/mol.